The van der Waals surface area contributed by atoms with Gasteiger partial charge in [0, 0.05) is 31.6 Å². The van der Waals surface area contributed by atoms with Gasteiger partial charge in [0.2, 0.25) is 5.89 Å². The molecule has 1 fully saturated rings. The predicted octanol–water partition coefficient (Wildman–Crippen LogP) is 0.777. The second-order valence-electron chi connectivity index (χ2n) is 4.89. The van der Waals surface area contributed by atoms with Crippen molar-refractivity contribution in [2.24, 2.45) is 0 Å². The minimum Gasteiger partial charge on any atom is -0.337 e. The van der Waals surface area contributed by atoms with E-state index in [-0.39, 0.29) is 5.41 Å². The van der Waals surface area contributed by atoms with E-state index < -0.39 is 0 Å². The molecule has 0 bridgehead atoms. The summed E-state index contributed by atoms with van der Waals surface area (Å²) in [5, 5.41) is 7.31. The molecule has 1 aliphatic rings. The minimum absolute atomic E-state index is 0.0702. The summed E-state index contributed by atoms with van der Waals surface area (Å²) in [6.07, 6.45) is 0. The standard InChI is InChI=1S/C10H18N4O/c1-10(2,3)8-12-9(13-15-8)14-6-4-11-5-7-14/h11H,4-7H2,1-3H3. The van der Waals surface area contributed by atoms with Gasteiger partial charge in [0.05, 0.1) is 0 Å². The summed E-state index contributed by atoms with van der Waals surface area (Å²) in [5.74, 6) is 1.43. The van der Waals surface area contributed by atoms with Crippen LogP contribution in [-0.2, 0) is 5.41 Å². The molecule has 0 amide bonds. The van der Waals surface area contributed by atoms with Crippen LogP contribution in [0.2, 0.25) is 0 Å². The molecule has 1 N–H and O–H groups in total. The van der Waals surface area contributed by atoms with Gasteiger partial charge < -0.3 is 14.7 Å². The normalized spacial score (nSPS) is 18.2. The first-order chi connectivity index (χ1) is 7.07. The lowest BCUT2D eigenvalue weighted by Gasteiger charge is -2.25. The van der Waals surface area contributed by atoms with E-state index in [1.54, 1.807) is 0 Å². The Morgan fingerprint density at radius 2 is 1.93 bits per heavy atom. The fourth-order valence-electron chi connectivity index (χ4n) is 1.51. The lowest BCUT2D eigenvalue weighted by Crippen LogP contribution is -2.44. The number of nitrogens with one attached hydrogen (secondary N) is 1. The van der Waals surface area contributed by atoms with Gasteiger partial charge >= 0.3 is 0 Å². The van der Waals surface area contributed by atoms with Crippen molar-refractivity contribution in [3.05, 3.63) is 5.89 Å². The number of rotatable bonds is 1. The average molecular weight is 210 g/mol. The van der Waals surface area contributed by atoms with Crippen LogP contribution in [0.5, 0.6) is 0 Å². The van der Waals surface area contributed by atoms with Crippen molar-refractivity contribution in [2.75, 3.05) is 31.1 Å². The fourth-order valence-corrected chi connectivity index (χ4v) is 1.51. The van der Waals surface area contributed by atoms with Gasteiger partial charge in [-0.3, -0.25) is 0 Å². The molecule has 5 heteroatoms. The Hall–Kier alpha value is -1.10. The van der Waals surface area contributed by atoms with Crippen molar-refractivity contribution >= 4 is 5.95 Å². The summed E-state index contributed by atoms with van der Waals surface area (Å²) in [4.78, 5) is 6.57. The minimum atomic E-state index is -0.0702. The number of piperazine rings is 1. The van der Waals surface area contributed by atoms with Crippen molar-refractivity contribution < 1.29 is 4.52 Å². The Balaban J connectivity index is 2.12. The molecule has 84 valence electrons. The van der Waals surface area contributed by atoms with Gasteiger partial charge in [-0.05, 0) is 5.16 Å². The van der Waals surface area contributed by atoms with Crippen LogP contribution in [0.1, 0.15) is 26.7 Å². The Bertz CT molecular complexity index is 322. The third-order valence-electron chi connectivity index (χ3n) is 2.46. The predicted molar refractivity (Wildman–Crippen MR) is 58.1 cm³/mol. The van der Waals surface area contributed by atoms with E-state index in [9.17, 15) is 0 Å². The lowest BCUT2D eigenvalue weighted by atomic mass is 9.97. The highest BCUT2D eigenvalue weighted by molar-refractivity contribution is 5.29. The van der Waals surface area contributed by atoms with E-state index in [4.69, 9.17) is 4.52 Å². The number of hydrogen-bond donors (Lipinski definition) is 1. The van der Waals surface area contributed by atoms with Gasteiger partial charge in [-0.15, -0.1) is 0 Å². The quantitative estimate of drug-likeness (QED) is 0.742. The van der Waals surface area contributed by atoms with Crippen LogP contribution in [0, 0.1) is 0 Å². The van der Waals surface area contributed by atoms with E-state index in [1.807, 2.05) is 0 Å². The molecule has 0 spiro atoms. The van der Waals surface area contributed by atoms with Crippen molar-refractivity contribution in [2.45, 2.75) is 26.2 Å². The SMILES string of the molecule is CC(C)(C)c1nc(N2CCNCC2)no1. The molecule has 0 saturated carbocycles. The molecule has 0 aliphatic carbocycles. The van der Waals surface area contributed by atoms with Crippen LogP contribution in [-0.4, -0.2) is 36.3 Å². The maximum Gasteiger partial charge on any atom is 0.266 e. The first-order valence-corrected chi connectivity index (χ1v) is 5.37. The highest BCUT2D eigenvalue weighted by atomic mass is 16.5. The maximum atomic E-state index is 5.26. The van der Waals surface area contributed by atoms with Crippen LogP contribution >= 0.6 is 0 Å². The van der Waals surface area contributed by atoms with Crippen LogP contribution in [0.15, 0.2) is 4.52 Å². The van der Waals surface area contributed by atoms with Gasteiger partial charge in [-0.1, -0.05) is 20.8 Å². The topological polar surface area (TPSA) is 54.2 Å². The molecular formula is C10H18N4O. The summed E-state index contributed by atoms with van der Waals surface area (Å²) in [7, 11) is 0. The van der Waals surface area contributed by atoms with Gasteiger partial charge in [-0.2, -0.15) is 4.98 Å². The molecule has 5 nitrogen and oxygen atoms in total. The third kappa shape index (κ3) is 2.28. The number of nitrogens with zero attached hydrogens (tertiary/aromatic N) is 3. The average Bonchev–Trinajstić information content (AvgIpc) is 2.67. The van der Waals surface area contributed by atoms with E-state index in [0.717, 1.165) is 32.1 Å². The summed E-state index contributed by atoms with van der Waals surface area (Å²) < 4.78 is 5.26. The molecule has 0 aromatic carbocycles. The van der Waals surface area contributed by atoms with Crippen molar-refractivity contribution in [3.8, 4) is 0 Å². The van der Waals surface area contributed by atoms with Gasteiger partial charge in [0.15, 0.2) is 0 Å². The van der Waals surface area contributed by atoms with Crippen LogP contribution in [0.3, 0.4) is 0 Å². The van der Waals surface area contributed by atoms with Crippen molar-refractivity contribution in [1.29, 1.82) is 0 Å². The van der Waals surface area contributed by atoms with Crippen molar-refractivity contribution in [3.63, 3.8) is 0 Å². The van der Waals surface area contributed by atoms with Crippen LogP contribution in [0.25, 0.3) is 0 Å². The lowest BCUT2D eigenvalue weighted by molar-refractivity contribution is 0.320. The third-order valence-corrected chi connectivity index (χ3v) is 2.46. The Morgan fingerprint density at radius 3 is 2.47 bits per heavy atom. The number of anilines is 1. The zero-order valence-electron chi connectivity index (χ0n) is 9.58. The second kappa shape index (κ2) is 3.81. The molecule has 0 radical (unpaired) electrons. The molecule has 2 heterocycles. The monoisotopic (exact) mass is 210 g/mol. The zero-order chi connectivity index (χ0) is 10.9. The van der Waals surface area contributed by atoms with Gasteiger partial charge in [-0.25, -0.2) is 0 Å². The largest absolute Gasteiger partial charge is 0.337 e. The van der Waals surface area contributed by atoms with Gasteiger partial charge in [0.25, 0.3) is 5.95 Å². The number of hydrogen-bond acceptors (Lipinski definition) is 5. The Morgan fingerprint density at radius 1 is 1.27 bits per heavy atom. The Labute approximate surface area is 89.8 Å². The summed E-state index contributed by atoms with van der Waals surface area (Å²) in [6.45, 7) is 10.1. The molecule has 1 aromatic heterocycles. The fraction of sp³-hybridized carbons (Fsp3) is 0.800. The van der Waals surface area contributed by atoms with E-state index in [1.165, 1.54) is 0 Å². The van der Waals surface area contributed by atoms with E-state index in [0.29, 0.717) is 5.89 Å². The van der Waals surface area contributed by atoms with E-state index in [2.05, 4.69) is 41.1 Å². The smallest absolute Gasteiger partial charge is 0.266 e. The second-order valence-corrected chi connectivity index (χ2v) is 4.89. The molecule has 1 aromatic rings. The summed E-state index contributed by atoms with van der Waals surface area (Å²) >= 11 is 0. The molecule has 2 rings (SSSR count). The first-order valence-electron chi connectivity index (χ1n) is 5.37. The first kappa shape index (κ1) is 10.4. The highest BCUT2D eigenvalue weighted by Crippen LogP contribution is 2.22. The van der Waals surface area contributed by atoms with Gasteiger partial charge in [0.1, 0.15) is 0 Å². The van der Waals surface area contributed by atoms with E-state index >= 15 is 0 Å². The van der Waals surface area contributed by atoms with Crippen LogP contribution in [0.4, 0.5) is 5.95 Å². The molecule has 0 atom stereocenters. The van der Waals surface area contributed by atoms with Crippen LogP contribution < -0.4 is 10.2 Å². The van der Waals surface area contributed by atoms with Crippen molar-refractivity contribution in [1.82, 2.24) is 15.5 Å². The molecule has 1 aliphatic heterocycles. The zero-order valence-corrected chi connectivity index (χ0v) is 9.58. The molecular weight excluding hydrogens is 192 g/mol. The highest BCUT2D eigenvalue weighted by Gasteiger charge is 2.24. The summed E-state index contributed by atoms with van der Waals surface area (Å²) in [6, 6.07) is 0. The molecule has 1 saturated heterocycles. The maximum absolute atomic E-state index is 5.26. The molecule has 15 heavy (non-hydrogen) atoms. The molecule has 0 unspecified atom stereocenters. The summed E-state index contributed by atoms with van der Waals surface area (Å²) in [5.41, 5.74) is -0.0702. The Kier molecular flexibility index (Phi) is 2.65. The number of aromatic nitrogens is 2.